The van der Waals surface area contributed by atoms with Gasteiger partial charge in [-0.05, 0) is 93.3 Å². The zero-order valence-corrected chi connectivity index (χ0v) is 28.1. The number of hydrogen-bond donors (Lipinski definition) is 0. The molecule has 10 aromatic rings. The maximum absolute atomic E-state index is 4.88. The van der Waals surface area contributed by atoms with Gasteiger partial charge in [0.05, 0.1) is 11.4 Å². The molecule has 238 valence electrons. The molecule has 2 nitrogen and oxygen atoms in total. The Bertz CT molecular complexity index is 3070. The van der Waals surface area contributed by atoms with Crippen molar-refractivity contribution in [1.82, 2.24) is 9.97 Å². The van der Waals surface area contributed by atoms with Gasteiger partial charge in [0.1, 0.15) is 0 Å². The molecule has 0 unspecified atom stereocenters. The molecule has 0 N–H and O–H groups in total. The molecular formula is C50H28N2. The van der Waals surface area contributed by atoms with E-state index in [2.05, 4.69) is 158 Å². The molecule has 0 aliphatic heterocycles. The Morgan fingerprint density at radius 2 is 0.712 bits per heavy atom. The SMILES string of the molecule is c1ccc(-c2c3c(c(-c4ccccc4)c4ccccc24)-c2ccc(-c4c5ccccc5c5c6c(cccc46)-c4nccnc4-5)c4cccc-3c24)cc1. The van der Waals surface area contributed by atoms with Gasteiger partial charge in [0.25, 0.3) is 0 Å². The van der Waals surface area contributed by atoms with Crippen molar-refractivity contribution in [3.63, 3.8) is 0 Å². The van der Waals surface area contributed by atoms with E-state index in [1.807, 2.05) is 12.4 Å². The van der Waals surface area contributed by atoms with Crippen molar-refractivity contribution >= 4 is 43.1 Å². The predicted molar refractivity (Wildman–Crippen MR) is 217 cm³/mol. The maximum atomic E-state index is 4.88. The lowest BCUT2D eigenvalue weighted by atomic mass is 9.82. The fourth-order valence-electron chi connectivity index (χ4n) is 9.51. The number of rotatable bonds is 3. The highest BCUT2D eigenvalue weighted by Crippen LogP contribution is 2.59. The molecule has 9 aromatic carbocycles. The van der Waals surface area contributed by atoms with E-state index >= 15 is 0 Å². The summed E-state index contributed by atoms with van der Waals surface area (Å²) in [4.78, 5) is 9.72. The number of hydrogen-bond acceptors (Lipinski definition) is 2. The van der Waals surface area contributed by atoms with Crippen molar-refractivity contribution < 1.29 is 0 Å². The summed E-state index contributed by atoms with van der Waals surface area (Å²) in [6.07, 6.45) is 3.63. The lowest BCUT2D eigenvalue weighted by Crippen LogP contribution is -1.93. The van der Waals surface area contributed by atoms with Crippen LogP contribution in [0, 0.1) is 0 Å². The standard InChI is InChI=1S/C50H28N2/c1-3-13-29(14-4-1)41-31-17-7-8-18-32(31)42(30-15-5-2-6-16-30)47-39-26-25-36(34-21-11-23-38(44(34)39)46(41)47)43-33-19-9-10-20-35(33)48-45-37(43)22-12-24-40(45)49-50(48)52-28-27-51-49/h1-28H. The highest BCUT2D eigenvalue weighted by molar-refractivity contribution is 6.32. The van der Waals surface area contributed by atoms with Crippen LogP contribution in [0.25, 0.3) is 121 Å². The third-order valence-corrected chi connectivity index (χ3v) is 11.4. The third kappa shape index (κ3) is 3.53. The zero-order valence-electron chi connectivity index (χ0n) is 28.1. The fourth-order valence-corrected chi connectivity index (χ4v) is 9.51. The zero-order chi connectivity index (χ0) is 33.9. The number of fused-ring (bicyclic) bond motifs is 9. The fraction of sp³-hybridized carbons (Fsp3) is 0. The highest BCUT2D eigenvalue weighted by atomic mass is 14.8. The van der Waals surface area contributed by atoms with E-state index in [-0.39, 0.29) is 0 Å². The van der Waals surface area contributed by atoms with Gasteiger partial charge in [-0.2, -0.15) is 0 Å². The summed E-state index contributed by atoms with van der Waals surface area (Å²) in [5.74, 6) is 0. The minimum Gasteiger partial charge on any atom is -0.252 e. The first-order chi connectivity index (χ1) is 25.9. The third-order valence-electron chi connectivity index (χ3n) is 11.4. The van der Waals surface area contributed by atoms with E-state index in [4.69, 9.17) is 9.97 Å². The first-order valence-corrected chi connectivity index (χ1v) is 17.9. The Morgan fingerprint density at radius 1 is 0.250 bits per heavy atom. The topological polar surface area (TPSA) is 25.8 Å². The molecule has 0 saturated carbocycles. The molecule has 52 heavy (non-hydrogen) atoms. The predicted octanol–water partition coefficient (Wildman–Crippen LogP) is 13.4. The van der Waals surface area contributed by atoms with Crippen LogP contribution >= 0.6 is 0 Å². The van der Waals surface area contributed by atoms with Gasteiger partial charge in [0.15, 0.2) is 0 Å². The summed E-state index contributed by atoms with van der Waals surface area (Å²) in [7, 11) is 0. The molecule has 0 saturated heterocycles. The van der Waals surface area contributed by atoms with Gasteiger partial charge in [-0.3, -0.25) is 9.97 Å². The largest absolute Gasteiger partial charge is 0.252 e. The Kier molecular flexibility index (Phi) is 5.53. The first-order valence-electron chi connectivity index (χ1n) is 17.9. The Hall–Kier alpha value is -6.90. The molecule has 2 aliphatic rings. The van der Waals surface area contributed by atoms with Crippen LogP contribution in [0.15, 0.2) is 170 Å². The van der Waals surface area contributed by atoms with Crippen molar-refractivity contribution in [2.45, 2.75) is 0 Å². The minimum atomic E-state index is 0.968. The average Bonchev–Trinajstić information content (AvgIpc) is 3.73. The molecule has 0 amide bonds. The van der Waals surface area contributed by atoms with Gasteiger partial charge in [0.2, 0.25) is 0 Å². The quantitative estimate of drug-likeness (QED) is 0.177. The van der Waals surface area contributed by atoms with Gasteiger partial charge in [0, 0.05) is 28.9 Å². The van der Waals surface area contributed by atoms with E-state index in [0.29, 0.717) is 0 Å². The molecule has 1 heterocycles. The van der Waals surface area contributed by atoms with Crippen LogP contribution in [-0.4, -0.2) is 9.97 Å². The minimum absolute atomic E-state index is 0.968. The van der Waals surface area contributed by atoms with E-state index < -0.39 is 0 Å². The molecule has 0 bridgehead atoms. The van der Waals surface area contributed by atoms with Crippen LogP contribution in [0.2, 0.25) is 0 Å². The molecule has 0 fully saturated rings. The normalized spacial score (nSPS) is 12.2. The smallest absolute Gasteiger partial charge is 0.0978 e. The van der Waals surface area contributed by atoms with E-state index in [9.17, 15) is 0 Å². The van der Waals surface area contributed by atoms with E-state index in [1.165, 1.54) is 104 Å². The molecule has 12 rings (SSSR count). The van der Waals surface area contributed by atoms with Crippen LogP contribution in [-0.2, 0) is 0 Å². The highest BCUT2D eigenvalue weighted by Gasteiger charge is 2.33. The van der Waals surface area contributed by atoms with Crippen molar-refractivity contribution in [1.29, 1.82) is 0 Å². The lowest BCUT2D eigenvalue weighted by molar-refractivity contribution is 1.23. The first kappa shape index (κ1) is 27.9. The van der Waals surface area contributed by atoms with Gasteiger partial charge in [-0.15, -0.1) is 0 Å². The summed E-state index contributed by atoms with van der Waals surface area (Å²) in [5.41, 5.74) is 17.1. The van der Waals surface area contributed by atoms with Crippen LogP contribution in [0.5, 0.6) is 0 Å². The average molecular weight is 657 g/mol. The summed E-state index contributed by atoms with van der Waals surface area (Å²) in [6.45, 7) is 0. The summed E-state index contributed by atoms with van der Waals surface area (Å²) in [6, 6.07) is 58.2. The van der Waals surface area contributed by atoms with Crippen LogP contribution in [0.1, 0.15) is 0 Å². The second kappa shape index (κ2) is 10.3. The van der Waals surface area contributed by atoms with Crippen molar-refractivity contribution in [2.75, 3.05) is 0 Å². The molecule has 0 atom stereocenters. The van der Waals surface area contributed by atoms with Gasteiger partial charge < -0.3 is 0 Å². The molecule has 0 spiro atoms. The van der Waals surface area contributed by atoms with Gasteiger partial charge in [-0.1, -0.05) is 158 Å². The van der Waals surface area contributed by atoms with Crippen molar-refractivity contribution in [3.8, 4) is 78.1 Å². The molecule has 2 heteroatoms. The lowest BCUT2D eigenvalue weighted by Gasteiger charge is -2.20. The summed E-state index contributed by atoms with van der Waals surface area (Å²) >= 11 is 0. The number of nitrogens with zero attached hydrogens (tertiary/aromatic N) is 2. The Morgan fingerprint density at radius 3 is 1.35 bits per heavy atom. The Balaban J connectivity index is 1.24. The van der Waals surface area contributed by atoms with Crippen LogP contribution in [0.4, 0.5) is 0 Å². The number of benzene rings is 9. The number of aromatic nitrogens is 2. The molecule has 1 aromatic heterocycles. The van der Waals surface area contributed by atoms with Crippen molar-refractivity contribution in [2.24, 2.45) is 0 Å². The van der Waals surface area contributed by atoms with Crippen LogP contribution < -0.4 is 0 Å². The summed E-state index contributed by atoms with van der Waals surface area (Å²) < 4.78 is 0. The molecule has 2 aliphatic carbocycles. The molecule has 0 radical (unpaired) electrons. The van der Waals surface area contributed by atoms with Crippen LogP contribution in [0.3, 0.4) is 0 Å². The second-order valence-corrected chi connectivity index (χ2v) is 13.9. The van der Waals surface area contributed by atoms with Crippen molar-refractivity contribution in [3.05, 3.63) is 170 Å². The molecular weight excluding hydrogens is 629 g/mol. The maximum Gasteiger partial charge on any atom is 0.0978 e. The summed E-state index contributed by atoms with van der Waals surface area (Å²) in [5, 5.41) is 10.1. The Labute approximate surface area is 300 Å². The van der Waals surface area contributed by atoms with E-state index in [1.54, 1.807) is 0 Å². The van der Waals surface area contributed by atoms with E-state index in [0.717, 1.165) is 17.0 Å². The second-order valence-electron chi connectivity index (χ2n) is 13.9. The monoisotopic (exact) mass is 656 g/mol. The van der Waals surface area contributed by atoms with Gasteiger partial charge >= 0.3 is 0 Å². The van der Waals surface area contributed by atoms with Gasteiger partial charge in [-0.25, -0.2) is 0 Å².